The van der Waals surface area contributed by atoms with Crippen molar-refractivity contribution in [2.24, 2.45) is 5.92 Å². The van der Waals surface area contributed by atoms with E-state index in [4.69, 9.17) is 4.74 Å². The third kappa shape index (κ3) is 4.12. The lowest BCUT2D eigenvalue weighted by Crippen LogP contribution is -2.46. The SMILES string of the molecule is O=C(C1CC(c2c(-c3ccc(F)cc3)[nH]c3c(F)cc(F)cc23)C1)N1CCC(N2CCOCC2)C1. The van der Waals surface area contributed by atoms with E-state index in [2.05, 4.69) is 9.88 Å². The number of nitrogens with one attached hydrogen (secondary N) is 1. The first-order valence-electron chi connectivity index (χ1n) is 12.3. The molecule has 2 aliphatic heterocycles. The van der Waals surface area contributed by atoms with Crippen LogP contribution in [0, 0.1) is 23.4 Å². The number of hydrogen-bond acceptors (Lipinski definition) is 3. The van der Waals surface area contributed by atoms with E-state index in [1.165, 1.54) is 18.2 Å². The summed E-state index contributed by atoms with van der Waals surface area (Å²) in [6.07, 6.45) is 2.26. The molecule has 1 N–H and O–H groups in total. The monoisotopic (exact) mass is 483 g/mol. The van der Waals surface area contributed by atoms with Gasteiger partial charge in [0.2, 0.25) is 5.91 Å². The Morgan fingerprint density at radius 3 is 2.46 bits per heavy atom. The number of morpholine rings is 1. The Kier molecular flexibility index (Phi) is 5.81. The number of nitrogens with zero attached hydrogens (tertiary/aromatic N) is 2. The first-order valence-corrected chi connectivity index (χ1v) is 12.3. The van der Waals surface area contributed by atoms with Crippen molar-refractivity contribution in [2.75, 3.05) is 39.4 Å². The number of H-pyrrole nitrogens is 1. The molecule has 3 fully saturated rings. The van der Waals surface area contributed by atoms with Crippen LogP contribution in [0.3, 0.4) is 0 Å². The Balaban J connectivity index is 1.22. The van der Waals surface area contributed by atoms with Crippen molar-refractivity contribution in [3.05, 3.63) is 59.4 Å². The Bertz CT molecular complexity index is 1250. The molecule has 6 rings (SSSR count). The highest BCUT2D eigenvalue weighted by Crippen LogP contribution is 2.49. The summed E-state index contributed by atoms with van der Waals surface area (Å²) in [5.41, 5.74) is 2.42. The second-order valence-corrected chi connectivity index (χ2v) is 9.97. The zero-order chi connectivity index (χ0) is 24.1. The van der Waals surface area contributed by atoms with Crippen molar-refractivity contribution < 1.29 is 22.7 Å². The summed E-state index contributed by atoms with van der Waals surface area (Å²) in [6.45, 7) is 4.85. The van der Waals surface area contributed by atoms with Crippen LogP contribution in [0.1, 0.15) is 30.7 Å². The van der Waals surface area contributed by atoms with Crippen LogP contribution in [-0.4, -0.2) is 66.1 Å². The second-order valence-electron chi connectivity index (χ2n) is 9.97. The van der Waals surface area contributed by atoms with Crippen LogP contribution >= 0.6 is 0 Å². The van der Waals surface area contributed by atoms with E-state index < -0.39 is 11.6 Å². The van der Waals surface area contributed by atoms with Gasteiger partial charge < -0.3 is 14.6 Å². The van der Waals surface area contributed by atoms with E-state index >= 15 is 0 Å². The summed E-state index contributed by atoms with van der Waals surface area (Å²) < 4.78 is 47.7. The van der Waals surface area contributed by atoms with E-state index in [-0.39, 0.29) is 29.1 Å². The Hall–Kier alpha value is -2.84. The normalized spacial score (nSPS) is 25.2. The number of benzene rings is 2. The fourth-order valence-electron chi connectivity index (χ4n) is 6.00. The van der Waals surface area contributed by atoms with Crippen molar-refractivity contribution in [3.63, 3.8) is 0 Å². The van der Waals surface area contributed by atoms with Crippen LogP contribution in [0.25, 0.3) is 22.2 Å². The van der Waals surface area contributed by atoms with E-state index in [0.717, 1.165) is 57.4 Å². The van der Waals surface area contributed by atoms with E-state index in [9.17, 15) is 18.0 Å². The van der Waals surface area contributed by atoms with E-state index in [1.54, 1.807) is 12.1 Å². The molecule has 1 atom stereocenters. The molecule has 2 aromatic carbocycles. The highest BCUT2D eigenvalue weighted by Gasteiger charge is 2.42. The van der Waals surface area contributed by atoms with Crippen molar-refractivity contribution in [2.45, 2.75) is 31.2 Å². The van der Waals surface area contributed by atoms with E-state index in [0.29, 0.717) is 35.5 Å². The van der Waals surface area contributed by atoms with Gasteiger partial charge >= 0.3 is 0 Å². The predicted octanol–water partition coefficient (Wildman–Crippen LogP) is 4.68. The lowest BCUT2D eigenvalue weighted by atomic mass is 9.69. The standard InChI is InChI=1S/C27H28F3N3O2/c28-19-3-1-16(2-4-19)25-24(22-13-20(29)14-23(30)26(22)31-25)17-11-18(12-17)27(34)33-6-5-21(15-33)32-7-9-35-10-8-32/h1-4,13-14,17-18,21,31H,5-12,15H2. The number of aromatic nitrogens is 1. The number of fused-ring (bicyclic) bond motifs is 1. The molecule has 35 heavy (non-hydrogen) atoms. The minimum absolute atomic E-state index is 0.00315. The quantitative estimate of drug-likeness (QED) is 0.586. The van der Waals surface area contributed by atoms with Gasteiger partial charge in [-0.2, -0.15) is 0 Å². The summed E-state index contributed by atoms with van der Waals surface area (Å²) in [5, 5.41) is 0.492. The third-order valence-corrected chi connectivity index (χ3v) is 7.93. The zero-order valence-corrected chi connectivity index (χ0v) is 19.4. The lowest BCUT2D eigenvalue weighted by molar-refractivity contribution is -0.137. The molecule has 0 spiro atoms. The molecule has 1 aromatic heterocycles. The molecule has 8 heteroatoms. The van der Waals surface area contributed by atoms with Gasteiger partial charge in [0, 0.05) is 49.6 Å². The minimum Gasteiger partial charge on any atom is -0.379 e. The van der Waals surface area contributed by atoms with Gasteiger partial charge in [-0.05, 0) is 66.6 Å². The Morgan fingerprint density at radius 2 is 1.71 bits per heavy atom. The molecule has 0 bridgehead atoms. The highest BCUT2D eigenvalue weighted by molar-refractivity contribution is 5.92. The van der Waals surface area contributed by atoms with Crippen molar-refractivity contribution in [1.29, 1.82) is 0 Å². The summed E-state index contributed by atoms with van der Waals surface area (Å²) in [7, 11) is 0. The number of rotatable bonds is 4. The number of carbonyl (C=O) groups is 1. The van der Waals surface area contributed by atoms with Gasteiger partial charge in [0.15, 0.2) is 0 Å². The van der Waals surface area contributed by atoms with Gasteiger partial charge in [0.05, 0.1) is 24.4 Å². The van der Waals surface area contributed by atoms with E-state index in [1.807, 2.05) is 4.90 Å². The predicted molar refractivity (Wildman–Crippen MR) is 126 cm³/mol. The maximum absolute atomic E-state index is 14.6. The fraction of sp³-hybridized carbons (Fsp3) is 0.444. The number of aromatic amines is 1. The van der Waals surface area contributed by atoms with Crippen molar-refractivity contribution in [3.8, 4) is 11.3 Å². The molecule has 0 radical (unpaired) electrons. The fourth-order valence-corrected chi connectivity index (χ4v) is 6.00. The van der Waals surface area contributed by atoms with Crippen molar-refractivity contribution >= 4 is 16.8 Å². The van der Waals surface area contributed by atoms with Gasteiger partial charge in [0.1, 0.15) is 17.5 Å². The van der Waals surface area contributed by atoms with Gasteiger partial charge in [-0.25, -0.2) is 13.2 Å². The van der Waals surface area contributed by atoms with Gasteiger partial charge in [-0.3, -0.25) is 9.69 Å². The molecule has 184 valence electrons. The lowest BCUT2D eigenvalue weighted by Gasteiger charge is -2.37. The maximum Gasteiger partial charge on any atom is 0.225 e. The molecule has 3 aromatic rings. The second kappa shape index (κ2) is 8.99. The molecule has 3 heterocycles. The number of ether oxygens (including phenoxy) is 1. The number of carbonyl (C=O) groups excluding carboxylic acids is 1. The summed E-state index contributed by atoms with van der Waals surface area (Å²) in [4.78, 5) is 20.8. The molecule has 1 aliphatic carbocycles. The van der Waals surface area contributed by atoms with Crippen LogP contribution in [0.5, 0.6) is 0 Å². The highest BCUT2D eigenvalue weighted by atomic mass is 19.1. The summed E-state index contributed by atoms with van der Waals surface area (Å²) in [5.74, 6) is -1.58. The van der Waals surface area contributed by atoms with Gasteiger partial charge in [-0.15, -0.1) is 0 Å². The van der Waals surface area contributed by atoms with Crippen LogP contribution < -0.4 is 0 Å². The summed E-state index contributed by atoms with van der Waals surface area (Å²) in [6, 6.07) is 8.58. The first kappa shape index (κ1) is 22.6. The number of hydrogen-bond donors (Lipinski definition) is 1. The first-order chi connectivity index (χ1) is 17.0. The van der Waals surface area contributed by atoms with Crippen LogP contribution in [-0.2, 0) is 9.53 Å². The van der Waals surface area contributed by atoms with Crippen LogP contribution in [0.15, 0.2) is 36.4 Å². The number of likely N-dealkylation sites (tertiary alicyclic amines) is 1. The van der Waals surface area contributed by atoms with Crippen LogP contribution in [0.4, 0.5) is 13.2 Å². The molecular formula is C27H28F3N3O2. The summed E-state index contributed by atoms with van der Waals surface area (Å²) >= 11 is 0. The molecule has 5 nitrogen and oxygen atoms in total. The maximum atomic E-state index is 14.6. The topological polar surface area (TPSA) is 48.6 Å². The third-order valence-electron chi connectivity index (χ3n) is 7.93. The zero-order valence-electron chi connectivity index (χ0n) is 19.4. The molecule has 3 aliphatic rings. The number of amides is 1. The minimum atomic E-state index is -0.659. The molecular weight excluding hydrogens is 455 g/mol. The Labute approximate surface area is 201 Å². The molecule has 1 saturated carbocycles. The number of halogens is 3. The molecule has 1 unspecified atom stereocenters. The Morgan fingerprint density at radius 1 is 0.971 bits per heavy atom. The average molecular weight is 484 g/mol. The molecule has 1 amide bonds. The molecule has 2 saturated heterocycles. The van der Waals surface area contributed by atoms with Gasteiger partial charge in [-0.1, -0.05) is 0 Å². The largest absolute Gasteiger partial charge is 0.379 e. The van der Waals surface area contributed by atoms with Gasteiger partial charge in [0.25, 0.3) is 0 Å². The smallest absolute Gasteiger partial charge is 0.225 e. The average Bonchev–Trinajstić information content (AvgIpc) is 3.46. The van der Waals surface area contributed by atoms with Crippen molar-refractivity contribution in [1.82, 2.24) is 14.8 Å². The van der Waals surface area contributed by atoms with Crippen LogP contribution in [0.2, 0.25) is 0 Å².